The molecule has 4 aromatic rings. The van der Waals surface area contributed by atoms with Gasteiger partial charge in [-0.05, 0) is 22.3 Å². The van der Waals surface area contributed by atoms with E-state index >= 15 is 0 Å². The third-order valence-corrected chi connectivity index (χ3v) is 7.14. The molecule has 0 heterocycles. The quantitative estimate of drug-likeness (QED) is 0.262. The van der Waals surface area contributed by atoms with Gasteiger partial charge in [0.2, 0.25) is 0 Å². The Hall–Kier alpha value is -3.36. The molecule has 4 aromatic carbocycles. The largest absolute Gasteiger partial charge is 0.387 e. The third-order valence-electron chi connectivity index (χ3n) is 7.14. The minimum absolute atomic E-state index is 0.251. The first-order valence-corrected chi connectivity index (χ1v) is 13.7. The van der Waals surface area contributed by atoms with Gasteiger partial charge in [0.1, 0.15) is 36.6 Å². The monoisotopic (exact) mass is 540 g/mol. The van der Waals surface area contributed by atoms with Crippen LogP contribution in [0.3, 0.4) is 0 Å². The molecule has 1 fully saturated rings. The van der Waals surface area contributed by atoms with Crippen LogP contribution in [0.5, 0.6) is 0 Å². The highest BCUT2D eigenvalue weighted by molar-refractivity contribution is 5.17. The molecule has 208 valence electrons. The first-order valence-electron chi connectivity index (χ1n) is 13.7. The van der Waals surface area contributed by atoms with Gasteiger partial charge in [0.25, 0.3) is 0 Å². The van der Waals surface area contributed by atoms with Crippen molar-refractivity contribution in [2.75, 3.05) is 0 Å². The van der Waals surface area contributed by atoms with Crippen molar-refractivity contribution in [3.05, 3.63) is 144 Å². The van der Waals surface area contributed by atoms with E-state index in [-0.39, 0.29) is 26.4 Å². The van der Waals surface area contributed by atoms with Crippen molar-refractivity contribution >= 4 is 0 Å². The highest BCUT2D eigenvalue weighted by atomic mass is 16.6. The lowest BCUT2D eigenvalue weighted by molar-refractivity contribution is -0.273. The van der Waals surface area contributed by atoms with E-state index in [4.69, 9.17) is 18.9 Å². The topological polar surface area (TPSA) is 77.4 Å². The van der Waals surface area contributed by atoms with E-state index in [1.54, 1.807) is 0 Å². The summed E-state index contributed by atoms with van der Waals surface area (Å²) in [6.07, 6.45) is -5.63. The summed E-state index contributed by atoms with van der Waals surface area (Å²) in [5.74, 6) is 0. The fourth-order valence-corrected chi connectivity index (χ4v) is 4.98. The molecule has 0 unspecified atom stereocenters. The molecule has 0 spiro atoms. The molecular formula is C34H36O6. The van der Waals surface area contributed by atoms with E-state index in [2.05, 4.69) is 0 Å². The molecule has 2 N–H and O–H groups in total. The van der Waals surface area contributed by atoms with Gasteiger partial charge in [-0.1, -0.05) is 121 Å². The average molecular weight is 541 g/mol. The molecule has 6 nitrogen and oxygen atoms in total. The number of aliphatic hydroxyl groups excluding tert-OH is 2. The van der Waals surface area contributed by atoms with Crippen molar-refractivity contribution in [1.82, 2.24) is 0 Å². The highest BCUT2D eigenvalue weighted by Gasteiger charge is 2.52. The molecule has 0 radical (unpaired) electrons. The summed E-state index contributed by atoms with van der Waals surface area (Å²) in [4.78, 5) is 0. The summed E-state index contributed by atoms with van der Waals surface area (Å²) < 4.78 is 25.5. The Bertz CT molecular complexity index is 1150. The molecule has 5 rings (SSSR count). The van der Waals surface area contributed by atoms with Crippen LogP contribution in [0.2, 0.25) is 0 Å². The van der Waals surface area contributed by atoms with Crippen molar-refractivity contribution in [1.29, 1.82) is 0 Å². The molecule has 6 heteroatoms. The van der Waals surface area contributed by atoms with Crippen LogP contribution in [0.4, 0.5) is 0 Å². The number of hydrogen-bond acceptors (Lipinski definition) is 6. The Kier molecular flexibility index (Phi) is 10.1. The van der Waals surface area contributed by atoms with Gasteiger partial charge in [0.05, 0.1) is 26.4 Å². The molecule has 0 aromatic heterocycles. The Morgan fingerprint density at radius 3 is 0.825 bits per heavy atom. The SMILES string of the molecule is O[C@H]1[C@H](O)[C@@H](OCc2ccccc2)[C@H](OCc2ccccc2)[C@@H](OCc2ccccc2)[C@@H]1OCc1ccccc1. The molecule has 40 heavy (non-hydrogen) atoms. The zero-order valence-electron chi connectivity index (χ0n) is 22.4. The van der Waals surface area contributed by atoms with Gasteiger partial charge in [-0.3, -0.25) is 0 Å². The predicted molar refractivity (Wildman–Crippen MR) is 152 cm³/mol. The number of aliphatic hydroxyl groups is 2. The van der Waals surface area contributed by atoms with E-state index in [1.165, 1.54) is 0 Å². The second-order valence-corrected chi connectivity index (χ2v) is 10.0. The molecule has 6 atom stereocenters. The molecule has 1 aliphatic carbocycles. The summed E-state index contributed by atoms with van der Waals surface area (Å²) in [7, 11) is 0. The van der Waals surface area contributed by atoms with E-state index in [1.807, 2.05) is 121 Å². The van der Waals surface area contributed by atoms with Crippen LogP contribution in [-0.4, -0.2) is 46.8 Å². The van der Waals surface area contributed by atoms with E-state index in [9.17, 15) is 10.2 Å². The Morgan fingerprint density at radius 2 is 0.575 bits per heavy atom. The van der Waals surface area contributed by atoms with Crippen molar-refractivity contribution in [2.24, 2.45) is 0 Å². The van der Waals surface area contributed by atoms with Gasteiger partial charge in [0, 0.05) is 0 Å². The second-order valence-electron chi connectivity index (χ2n) is 10.0. The molecular weight excluding hydrogens is 504 g/mol. The van der Waals surface area contributed by atoms with Crippen LogP contribution >= 0.6 is 0 Å². The zero-order chi connectivity index (χ0) is 27.6. The van der Waals surface area contributed by atoms with E-state index in [0.29, 0.717) is 0 Å². The summed E-state index contributed by atoms with van der Waals surface area (Å²) in [6.45, 7) is 1.08. The van der Waals surface area contributed by atoms with Crippen LogP contribution in [0.25, 0.3) is 0 Å². The van der Waals surface area contributed by atoms with Crippen LogP contribution in [-0.2, 0) is 45.4 Å². The molecule has 0 aliphatic heterocycles. The fourth-order valence-electron chi connectivity index (χ4n) is 4.98. The minimum Gasteiger partial charge on any atom is -0.387 e. The van der Waals surface area contributed by atoms with E-state index < -0.39 is 36.6 Å². The Morgan fingerprint density at radius 1 is 0.350 bits per heavy atom. The number of hydrogen-bond donors (Lipinski definition) is 2. The number of rotatable bonds is 12. The molecule has 1 aliphatic rings. The lowest BCUT2D eigenvalue weighted by Crippen LogP contribution is -2.66. The standard InChI is InChI=1S/C34H36O6/c35-29-30(36)32(38-22-26-15-7-2-8-16-26)34(40-24-28-19-11-4-12-20-28)33(39-23-27-17-9-3-10-18-27)31(29)37-21-25-13-5-1-6-14-25/h1-20,29-36H,21-24H2/t29-,30-,31+,32+,33-,34-/m0/s1. The summed E-state index contributed by atoms with van der Waals surface area (Å²) >= 11 is 0. The summed E-state index contributed by atoms with van der Waals surface area (Å²) in [5, 5.41) is 22.7. The molecule has 0 saturated heterocycles. The van der Waals surface area contributed by atoms with Gasteiger partial charge in [-0.25, -0.2) is 0 Å². The van der Waals surface area contributed by atoms with Crippen molar-refractivity contribution < 1.29 is 29.2 Å². The predicted octanol–water partition coefficient (Wildman–Crippen LogP) is 5.06. The summed E-state index contributed by atoms with van der Waals surface area (Å²) in [5.41, 5.74) is 3.87. The smallest absolute Gasteiger partial charge is 0.116 e. The normalized spacial score (nSPS) is 24.6. The van der Waals surface area contributed by atoms with Crippen LogP contribution in [0, 0.1) is 0 Å². The number of benzene rings is 4. The second kappa shape index (κ2) is 14.3. The average Bonchev–Trinajstić information content (AvgIpc) is 3.01. The van der Waals surface area contributed by atoms with Gasteiger partial charge < -0.3 is 29.2 Å². The lowest BCUT2D eigenvalue weighted by Gasteiger charge is -2.47. The van der Waals surface area contributed by atoms with Crippen LogP contribution < -0.4 is 0 Å². The maximum atomic E-state index is 11.4. The van der Waals surface area contributed by atoms with Gasteiger partial charge in [-0.15, -0.1) is 0 Å². The maximum Gasteiger partial charge on any atom is 0.116 e. The first-order chi connectivity index (χ1) is 19.7. The van der Waals surface area contributed by atoms with Crippen molar-refractivity contribution in [2.45, 2.75) is 63.1 Å². The van der Waals surface area contributed by atoms with Gasteiger partial charge >= 0.3 is 0 Å². The third kappa shape index (κ3) is 7.43. The van der Waals surface area contributed by atoms with Crippen molar-refractivity contribution in [3.8, 4) is 0 Å². The fraction of sp³-hybridized carbons (Fsp3) is 0.294. The zero-order valence-corrected chi connectivity index (χ0v) is 22.4. The van der Waals surface area contributed by atoms with Crippen LogP contribution in [0.1, 0.15) is 22.3 Å². The molecule has 0 amide bonds. The Labute approximate surface area is 235 Å². The molecule has 0 bridgehead atoms. The Balaban J connectivity index is 1.42. The first kappa shape index (κ1) is 28.2. The van der Waals surface area contributed by atoms with E-state index in [0.717, 1.165) is 22.3 Å². The van der Waals surface area contributed by atoms with Gasteiger partial charge in [-0.2, -0.15) is 0 Å². The van der Waals surface area contributed by atoms with Gasteiger partial charge in [0.15, 0.2) is 0 Å². The lowest BCUT2D eigenvalue weighted by atomic mass is 9.84. The number of ether oxygens (including phenoxy) is 4. The van der Waals surface area contributed by atoms with Crippen molar-refractivity contribution in [3.63, 3.8) is 0 Å². The molecule has 1 saturated carbocycles. The minimum atomic E-state index is -1.25. The summed E-state index contributed by atoms with van der Waals surface area (Å²) in [6, 6.07) is 39.1. The van der Waals surface area contributed by atoms with Crippen LogP contribution in [0.15, 0.2) is 121 Å². The maximum absolute atomic E-state index is 11.4. The highest BCUT2D eigenvalue weighted by Crippen LogP contribution is 2.32.